The molecule has 0 spiro atoms. The van der Waals surface area contributed by atoms with Gasteiger partial charge in [-0.25, -0.2) is 4.98 Å². The highest BCUT2D eigenvalue weighted by molar-refractivity contribution is 9.10. The number of halogens is 1. The molecule has 0 aliphatic rings. The molecule has 4 nitrogen and oxygen atoms in total. The number of pyridine rings is 1. The fraction of sp³-hybridized carbons (Fsp3) is 0. The third-order valence-electron chi connectivity index (χ3n) is 2.87. The standard InChI is InChI=1S/C14H10BrN3O/c15-10-4-1-3-9(7-10)12-8-18-6-2-5-11(13(16)19)14(18)17-12/h1-8H,(H2,16,19). The fourth-order valence-electron chi connectivity index (χ4n) is 1.99. The van der Waals surface area contributed by atoms with Gasteiger partial charge in [0.1, 0.15) is 5.65 Å². The molecule has 94 valence electrons. The van der Waals surface area contributed by atoms with E-state index in [1.165, 1.54) is 0 Å². The first kappa shape index (κ1) is 11.9. The number of nitrogens with zero attached hydrogens (tertiary/aromatic N) is 2. The molecule has 2 heterocycles. The third kappa shape index (κ3) is 2.13. The minimum absolute atomic E-state index is 0.420. The number of nitrogens with two attached hydrogens (primary N) is 1. The van der Waals surface area contributed by atoms with Gasteiger partial charge < -0.3 is 10.1 Å². The molecular formula is C14H10BrN3O. The van der Waals surface area contributed by atoms with Gasteiger partial charge in [-0.1, -0.05) is 28.1 Å². The fourth-order valence-corrected chi connectivity index (χ4v) is 2.39. The molecule has 0 bridgehead atoms. The molecule has 0 aliphatic carbocycles. The molecule has 0 unspecified atom stereocenters. The van der Waals surface area contributed by atoms with Gasteiger partial charge in [-0.15, -0.1) is 0 Å². The molecule has 0 atom stereocenters. The Bertz CT molecular complexity index is 779. The second-order valence-corrected chi connectivity index (χ2v) is 5.07. The van der Waals surface area contributed by atoms with E-state index in [-0.39, 0.29) is 0 Å². The zero-order valence-corrected chi connectivity index (χ0v) is 11.5. The lowest BCUT2D eigenvalue weighted by Gasteiger charge is -1.97. The van der Waals surface area contributed by atoms with Gasteiger partial charge >= 0.3 is 0 Å². The van der Waals surface area contributed by atoms with E-state index in [2.05, 4.69) is 20.9 Å². The summed E-state index contributed by atoms with van der Waals surface area (Å²) in [5.41, 5.74) is 8.13. The lowest BCUT2D eigenvalue weighted by molar-refractivity contribution is 0.100. The van der Waals surface area contributed by atoms with E-state index < -0.39 is 5.91 Å². The van der Waals surface area contributed by atoms with Crippen LogP contribution in [0.1, 0.15) is 10.4 Å². The zero-order valence-electron chi connectivity index (χ0n) is 9.88. The van der Waals surface area contributed by atoms with Crippen LogP contribution in [-0.4, -0.2) is 15.3 Å². The molecular weight excluding hydrogens is 306 g/mol. The summed E-state index contributed by atoms with van der Waals surface area (Å²) in [4.78, 5) is 15.9. The van der Waals surface area contributed by atoms with Gasteiger partial charge in [0.2, 0.25) is 0 Å². The van der Waals surface area contributed by atoms with Crippen LogP contribution in [0.25, 0.3) is 16.9 Å². The Morgan fingerprint density at radius 3 is 2.84 bits per heavy atom. The Kier molecular flexibility index (Phi) is 2.83. The van der Waals surface area contributed by atoms with E-state index in [0.29, 0.717) is 11.2 Å². The topological polar surface area (TPSA) is 60.4 Å². The second kappa shape index (κ2) is 4.51. The average molecular weight is 316 g/mol. The van der Waals surface area contributed by atoms with Gasteiger partial charge in [-0.05, 0) is 24.3 Å². The second-order valence-electron chi connectivity index (χ2n) is 4.15. The first-order chi connectivity index (χ1) is 9.15. The Morgan fingerprint density at radius 1 is 1.26 bits per heavy atom. The lowest BCUT2D eigenvalue weighted by Crippen LogP contribution is -2.12. The van der Waals surface area contributed by atoms with Crippen LogP contribution in [0.5, 0.6) is 0 Å². The summed E-state index contributed by atoms with van der Waals surface area (Å²) in [6.45, 7) is 0. The van der Waals surface area contributed by atoms with E-state index in [4.69, 9.17) is 5.73 Å². The molecule has 0 saturated heterocycles. The van der Waals surface area contributed by atoms with Crippen molar-refractivity contribution in [2.75, 3.05) is 0 Å². The predicted octanol–water partition coefficient (Wildman–Crippen LogP) is 2.86. The molecule has 5 heteroatoms. The number of carbonyl (C=O) groups excluding carboxylic acids is 1. The third-order valence-corrected chi connectivity index (χ3v) is 3.36. The number of carbonyl (C=O) groups is 1. The van der Waals surface area contributed by atoms with Gasteiger partial charge in [0.25, 0.3) is 5.91 Å². The van der Waals surface area contributed by atoms with Crippen LogP contribution in [-0.2, 0) is 0 Å². The minimum Gasteiger partial charge on any atom is -0.365 e. The van der Waals surface area contributed by atoms with Crippen molar-refractivity contribution in [1.29, 1.82) is 0 Å². The molecule has 0 aliphatic heterocycles. The molecule has 2 N–H and O–H groups in total. The summed E-state index contributed by atoms with van der Waals surface area (Å²) in [6, 6.07) is 11.3. The van der Waals surface area contributed by atoms with Crippen LogP contribution in [0, 0.1) is 0 Å². The predicted molar refractivity (Wildman–Crippen MR) is 76.8 cm³/mol. The van der Waals surface area contributed by atoms with Gasteiger partial charge in [0, 0.05) is 22.4 Å². The van der Waals surface area contributed by atoms with Crippen LogP contribution in [0.15, 0.2) is 53.3 Å². The molecule has 1 aromatic carbocycles. The van der Waals surface area contributed by atoms with E-state index >= 15 is 0 Å². The van der Waals surface area contributed by atoms with Crippen molar-refractivity contribution in [3.63, 3.8) is 0 Å². The molecule has 0 radical (unpaired) electrons. The maximum Gasteiger partial charge on any atom is 0.252 e. The van der Waals surface area contributed by atoms with Crippen LogP contribution in [0.4, 0.5) is 0 Å². The molecule has 3 aromatic rings. The molecule has 1 amide bonds. The molecule has 0 saturated carbocycles. The number of aromatic nitrogens is 2. The maximum absolute atomic E-state index is 11.4. The number of fused-ring (bicyclic) bond motifs is 1. The Hall–Kier alpha value is -2.14. The van der Waals surface area contributed by atoms with Gasteiger partial charge in [0.15, 0.2) is 0 Å². The first-order valence-corrected chi connectivity index (χ1v) is 6.48. The normalized spacial score (nSPS) is 10.8. The summed E-state index contributed by atoms with van der Waals surface area (Å²) < 4.78 is 2.79. The molecule has 2 aromatic heterocycles. The number of hydrogen-bond acceptors (Lipinski definition) is 2. The van der Waals surface area contributed by atoms with Gasteiger partial charge in [0.05, 0.1) is 11.3 Å². The van der Waals surface area contributed by atoms with Crippen LogP contribution in [0.2, 0.25) is 0 Å². The monoisotopic (exact) mass is 315 g/mol. The van der Waals surface area contributed by atoms with Crippen molar-refractivity contribution in [3.05, 3.63) is 58.8 Å². The minimum atomic E-state index is -0.475. The number of amides is 1. The Labute approximate surface area is 118 Å². The highest BCUT2D eigenvalue weighted by atomic mass is 79.9. The van der Waals surface area contributed by atoms with Gasteiger partial charge in [-0.2, -0.15) is 0 Å². The van der Waals surface area contributed by atoms with E-state index in [1.807, 2.05) is 36.7 Å². The van der Waals surface area contributed by atoms with Crippen molar-refractivity contribution in [2.24, 2.45) is 5.73 Å². The highest BCUT2D eigenvalue weighted by Crippen LogP contribution is 2.23. The Morgan fingerprint density at radius 2 is 2.11 bits per heavy atom. The first-order valence-electron chi connectivity index (χ1n) is 5.68. The number of rotatable bonds is 2. The average Bonchev–Trinajstić information content (AvgIpc) is 2.82. The Balaban J connectivity index is 2.22. The quantitative estimate of drug-likeness (QED) is 0.790. The van der Waals surface area contributed by atoms with Crippen molar-refractivity contribution < 1.29 is 4.79 Å². The van der Waals surface area contributed by atoms with Crippen molar-refractivity contribution in [3.8, 4) is 11.3 Å². The summed E-state index contributed by atoms with van der Waals surface area (Å²) in [5, 5.41) is 0. The molecule has 19 heavy (non-hydrogen) atoms. The summed E-state index contributed by atoms with van der Waals surface area (Å²) in [5.74, 6) is -0.475. The van der Waals surface area contributed by atoms with Crippen LogP contribution >= 0.6 is 15.9 Å². The number of imidazole rings is 1. The molecule has 3 rings (SSSR count). The smallest absolute Gasteiger partial charge is 0.252 e. The van der Waals surface area contributed by atoms with Crippen molar-refractivity contribution in [1.82, 2.24) is 9.38 Å². The SMILES string of the molecule is NC(=O)c1cccn2cc(-c3cccc(Br)c3)nc12. The van der Waals surface area contributed by atoms with Gasteiger partial charge in [-0.3, -0.25) is 4.79 Å². The van der Waals surface area contributed by atoms with Crippen molar-refractivity contribution >= 4 is 27.5 Å². The lowest BCUT2D eigenvalue weighted by atomic mass is 10.2. The summed E-state index contributed by atoms with van der Waals surface area (Å²) in [6.07, 6.45) is 3.72. The van der Waals surface area contributed by atoms with E-state index in [0.717, 1.165) is 15.7 Å². The number of benzene rings is 1. The largest absolute Gasteiger partial charge is 0.365 e. The summed E-state index contributed by atoms with van der Waals surface area (Å²) >= 11 is 3.43. The van der Waals surface area contributed by atoms with Crippen molar-refractivity contribution in [2.45, 2.75) is 0 Å². The zero-order chi connectivity index (χ0) is 13.4. The van der Waals surface area contributed by atoms with Crippen LogP contribution < -0.4 is 5.73 Å². The number of primary amides is 1. The highest BCUT2D eigenvalue weighted by Gasteiger charge is 2.11. The summed E-state index contributed by atoms with van der Waals surface area (Å²) in [7, 11) is 0. The van der Waals surface area contributed by atoms with Crippen LogP contribution in [0.3, 0.4) is 0 Å². The maximum atomic E-state index is 11.4. The number of hydrogen-bond donors (Lipinski definition) is 1. The van der Waals surface area contributed by atoms with E-state index in [9.17, 15) is 4.79 Å². The molecule has 0 fully saturated rings. The van der Waals surface area contributed by atoms with E-state index in [1.54, 1.807) is 16.5 Å².